The predicted molar refractivity (Wildman–Crippen MR) is 99.8 cm³/mol. The Morgan fingerprint density at radius 2 is 2.00 bits per heavy atom. The fourth-order valence-electron chi connectivity index (χ4n) is 2.11. The Morgan fingerprint density at radius 3 is 2.80 bits per heavy atom. The molecule has 0 aliphatic rings. The maximum Gasteiger partial charge on any atom is 0.160 e. The van der Waals surface area contributed by atoms with Gasteiger partial charge < -0.3 is 19.3 Å². The van der Waals surface area contributed by atoms with E-state index in [1.807, 2.05) is 0 Å². The van der Waals surface area contributed by atoms with Crippen LogP contribution in [0.25, 0.3) is 0 Å². The Hall–Kier alpha value is -2.20. The van der Waals surface area contributed by atoms with Crippen molar-refractivity contribution in [2.45, 2.75) is 38.6 Å². The Balaban J connectivity index is 2.15. The molecule has 0 aliphatic heterocycles. The second-order valence-corrected chi connectivity index (χ2v) is 5.38. The van der Waals surface area contributed by atoms with Crippen molar-refractivity contribution in [3.63, 3.8) is 0 Å². The molecule has 4 heteroatoms. The van der Waals surface area contributed by atoms with E-state index in [9.17, 15) is 5.11 Å². The molecular formula is C21H28O4. The summed E-state index contributed by atoms with van der Waals surface area (Å²) in [6.45, 7) is -1.09. The van der Waals surface area contributed by atoms with Crippen molar-refractivity contribution in [2.24, 2.45) is 0 Å². The van der Waals surface area contributed by atoms with Crippen LogP contribution in [0.1, 0.15) is 45.4 Å². The molecule has 1 N–H and O–H groups in total. The fraction of sp³-hybridized carbons (Fsp3) is 0.429. The van der Waals surface area contributed by atoms with Crippen LogP contribution in [0.5, 0.6) is 17.2 Å². The highest BCUT2D eigenvalue weighted by atomic mass is 16.5. The van der Waals surface area contributed by atoms with Crippen molar-refractivity contribution in [3.05, 3.63) is 53.6 Å². The minimum absolute atomic E-state index is 0.106. The van der Waals surface area contributed by atoms with Gasteiger partial charge in [-0.15, -0.1) is 0 Å². The Morgan fingerprint density at radius 1 is 1.16 bits per heavy atom. The van der Waals surface area contributed by atoms with E-state index in [4.69, 9.17) is 29.3 Å². The van der Waals surface area contributed by atoms with E-state index in [-0.39, 0.29) is 23.5 Å². The van der Waals surface area contributed by atoms with E-state index < -0.39 is 51.7 Å². The molecule has 4 nitrogen and oxygen atoms in total. The molecule has 0 spiro atoms. The normalized spacial score (nSPS) is 21.8. The molecule has 0 fully saturated rings. The zero-order valence-corrected chi connectivity index (χ0v) is 13.8. The third kappa shape index (κ3) is 6.31. The fourth-order valence-corrected chi connectivity index (χ4v) is 2.11. The topological polar surface area (TPSA) is 47.9 Å². The molecule has 25 heavy (non-hydrogen) atoms. The molecule has 0 amide bonds. The first-order valence-electron chi connectivity index (χ1n) is 13.2. The monoisotopic (exact) mass is 355 g/mol. The van der Waals surface area contributed by atoms with Crippen LogP contribution in [0, 0.1) is 6.92 Å². The summed E-state index contributed by atoms with van der Waals surface area (Å²) in [6.07, 6.45) is -6.28. The van der Waals surface area contributed by atoms with E-state index >= 15 is 0 Å². The predicted octanol–water partition coefficient (Wildman–Crippen LogP) is 4.16. The van der Waals surface area contributed by atoms with Crippen LogP contribution < -0.4 is 14.2 Å². The number of rotatable bonds is 10. The van der Waals surface area contributed by atoms with Crippen LogP contribution in [0.2, 0.25) is 0 Å². The number of hydrogen-bond donors (Lipinski definition) is 1. The molecule has 0 aromatic heterocycles. The lowest BCUT2D eigenvalue weighted by atomic mass is 10.0. The number of benzene rings is 2. The summed E-state index contributed by atoms with van der Waals surface area (Å²) in [5.74, 6) is -0.674. The number of methoxy groups -OCH3 is 2. The lowest BCUT2D eigenvalue weighted by molar-refractivity contribution is 0.0976. The smallest absolute Gasteiger partial charge is 0.160 e. The van der Waals surface area contributed by atoms with Gasteiger partial charge in [-0.05, 0) is 61.5 Å². The van der Waals surface area contributed by atoms with Crippen molar-refractivity contribution >= 4 is 0 Å². The van der Waals surface area contributed by atoms with Crippen LogP contribution >= 0.6 is 0 Å². The first-order chi connectivity index (χ1) is 16.2. The highest BCUT2D eigenvalue weighted by Gasteiger charge is 2.07. The average molecular weight is 356 g/mol. The summed E-state index contributed by atoms with van der Waals surface area (Å²) >= 11 is 0. The van der Waals surface area contributed by atoms with E-state index in [2.05, 4.69) is 0 Å². The molecule has 0 bridgehead atoms. The second kappa shape index (κ2) is 9.94. The van der Waals surface area contributed by atoms with Crippen LogP contribution in [0.3, 0.4) is 0 Å². The quantitative estimate of drug-likeness (QED) is 0.695. The van der Waals surface area contributed by atoms with Gasteiger partial charge in [-0.25, -0.2) is 0 Å². The molecule has 1 atom stereocenters. The second-order valence-electron chi connectivity index (χ2n) is 5.38. The number of aliphatic hydroxyl groups is 1. The summed E-state index contributed by atoms with van der Waals surface area (Å²) in [7, 11) is -5.80. The molecule has 1 unspecified atom stereocenters. The van der Waals surface area contributed by atoms with Gasteiger partial charge >= 0.3 is 0 Å². The summed E-state index contributed by atoms with van der Waals surface area (Å²) < 4.78 is 98.9. The van der Waals surface area contributed by atoms with E-state index in [1.54, 1.807) is 19.1 Å². The van der Waals surface area contributed by atoms with E-state index in [1.165, 1.54) is 18.2 Å². The highest BCUT2D eigenvalue weighted by Crippen LogP contribution is 2.28. The van der Waals surface area contributed by atoms with Crippen LogP contribution in [0.15, 0.2) is 42.5 Å². The minimum Gasteiger partial charge on any atom is -0.493 e. The lowest BCUT2D eigenvalue weighted by Crippen LogP contribution is -2.17. The van der Waals surface area contributed by atoms with Gasteiger partial charge in [0, 0.05) is 2.74 Å². The molecule has 0 radical (unpaired) electrons. The SMILES string of the molecule is [2H]C([2H])(CCC([2H])(O)C([2H])([2H])Oc1cccc(C)c1)Cc1ccc(OC([2H])([2H])[2H])c(OC([2H])([2H])[2H])c1. The Kier molecular flexibility index (Phi) is 3.56. The number of hydrogen-bond acceptors (Lipinski definition) is 4. The third-order valence-electron chi connectivity index (χ3n) is 3.37. The van der Waals surface area contributed by atoms with E-state index in [0.717, 1.165) is 17.7 Å². The molecule has 0 saturated carbocycles. The first-order valence-corrected chi connectivity index (χ1v) is 7.67. The molecule has 2 aromatic rings. The maximum absolute atomic E-state index is 10.5. The molecule has 2 rings (SSSR count). The van der Waals surface area contributed by atoms with Crippen molar-refractivity contribution in [1.82, 2.24) is 0 Å². The van der Waals surface area contributed by atoms with Crippen LogP contribution in [-0.4, -0.2) is 31.8 Å². The highest BCUT2D eigenvalue weighted by molar-refractivity contribution is 5.42. The molecular weight excluding hydrogens is 316 g/mol. The van der Waals surface area contributed by atoms with Crippen molar-refractivity contribution in [3.8, 4) is 17.2 Å². The molecule has 0 aliphatic carbocycles. The molecule has 2 aromatic carbocycles. The summed E-state index contributed by atoms with van der Waals surface area (Å²) in [5, 5.41) is 10.5. The Labute approximate surface area is 165 Å². The van der Waals surface area contributed by atoms with Gasteiger partial charge in [-0.1, -0.05) is 24.6 Å². The van der Waals surface area contributed by atoms with Crippen molar-refractivity contribution < 1.29 is 34.4 Å². The van der Waals surface area contributed by atoms with Gasteiger partial charge in [0.1, 0.15) is 12.3 Å². The van der Waals surface area contributed by atoms with Gasteiger partial charge in [0.15, 0.2) is 11.5 Å². The summed E-state index contributed by atoms with van der Waals surface area (Å²) in [4.78, 5) is 0. The largest absolute Gasteiger partial charge is 0.493 e. The number of ether oxygens (including phenoxy) is 3. The lowest BCUT2D eigenvalue weighted by Gasteiger charge is -2.13. The van der Waals surface area contributed by atoms with Crippen LogP contribution in [-0.2, 0) is 6.42 Å². The van der Waals surface area contributed by atoms with Gasteiger partial charge in [0.2, 0.25) is 0 Å². The third-order valence-corrected chi connectivity index (χ3v) is 3.37. The van der Waals surface area contributed by atoms with Crippen molar-refractivity contribution in [2.75, 3.05) is 20.6 Å². The van der Waals surface area contributed by atoms with Crippen LogP contribution in [0.4, 0.5) is 0 Å². The first kappa shape index (κ1) is 8.95. The van der Waals surface area contributed by atoms with Crippen molar-refractivity contribution in [1.29, 1.82) is 0 Å². The maximum atomic E-state index is 10.5. The number of aryl methyl sites for hydroxylation is 2. The van der Waals surface area contributed by atoms with Gasteiger partial charge in [-0.2, -0.15) is 0 Å². The molecule has 136 valence electrons. The standard InChI is InChI=1S/C21H28O4/c1-16-7-6-10-19(13-16)25-15-18(22)9-5-4-8-17-11-12-20(23-2)21(14-17)24-3/h6-7,10-14,18,22H,4-5,8-9,15H2,1-3H3/i2D3,3D3,4D2,15D2,18D. The minimum atomic E-state index is -2.92. The van der Waals surface area contributed by atoms with E-state index in [0.29, 0.717) is 0 Å². The zero-order chi connectivity index (χ0) is 27.6. The van der Waals surface area contributed by atoms with Gasteiger partial charge in [-0.3, -0.25) is 0 Å². The van der Waals surface area contributed by atoms with Gasteiger partial charge in [0.05, 0.1) is 32.5 Å². The average Bonchev–Trinajstić information content (AvgIpc) is 2.66. The molecule has 0 heterocycles. The summed E-state index contributed by atoms with van der Waals surface area (Å²) in [5.41, 5.74) is 1.01. The summed E-state index contributed by atoms with van der Waals surface area (Å²) in [6, 6.07) is 10.0. The molecule has 0 saturated heterocycles. The zero-order valence-electron chi connectivity index (χ0n) is 24.8. The Bertz CT molecular complexity index is 1030. The van der Waals surface area contributed by atoms with Gasteiger partial charge in [0.25, 0.3) is 0 Å².